The van der Waals surface area contributed by atoms with Crippen molar-refractivity contribution in [2.45, 2.75) is 39.2 Å². The Balaban J connectivity index is 1.62. The lowest BCUT2D eigenvalue weighted by atomic mass is 9.95. The van der Waals surface area contributed by atoms with E-state index in [2.05, 4.69) is 16.8 Å². The first-order chi connectivity index (χ1) is 17.5. The first kappa shape index (κ1) is 25.9. The Morgan fingerprint density at radius 1 is 1.11 bits per heavy atom. The zero-order valence-electron chi connectivity index (χ0n) is 21.1. The van der Waals surface area contributed by atoms with Crippen LogP contribution in [0.2, 0.25) is 0 Å². The van der Waals surface area contributed by atoms with E-state index in [-0.39, 0.29) is 11.3 Å². The summed E-state index contributed by atoms with van der Waals surface area (Å²) in [6.45, 7) is 9.02. The van der Waals surface area contributed by atoms with Crippen LogP contribution in [0.1, 0.15) is 48.9 Å². The zero-order chi connectivity index (χ0) is 25.5. The van der Waals surface area contributed by atoms with Gasteiger partial charge in [-0.05, 0) is 61.2 Å². The lowest BCUT2D eigenvalue weighted by molar-refractivity contribution is -0.140. The van der Waals surface area contributed by atoms with Crippen LogP contribution < -0.4 is 4.74 Å². The molecule has 4 rings (SSSR count). The lowest BCUT2D eigenvalue weighted by Crippen LogP contribution is -2.38. The van der Waals surface area contributed by atoms with Crippen molar-refractivity contribution in [3.8, 4) is 5.75 Å². The molecule has 36 heavy (non-hydrogen) atoms. The molecule has 1 N–H and O–H groups in total. The highest BCUT2D eigenvalue weighted by Crippen LogP contribution is 2.39. The SMILES string of the molecule is CCCCOc1ccc(C(O)=C2C(=O)C(=O)N(CCCN3CCOCC3)[C@H]2c2ccncc2)cc1C. The number of nitrogens with zero attached hydrogens (tertiary/aromatic N) is 3. The number of ether oxygens (including phenoxy) is 2. The molecule has 0 saturated carbocycles. The Kier molecular flexibility index (Phi) is 8.72. The fourth-order valence-electron chi connectivity index (χ4n) is 4.73. The van der Waals surface area contributed by atoms with Crippen LogP contribution >= 0.6 is 0 Å². The van der Waals surface area contributed by atoms with E-state index in [1.807, 2.05) is 6.92 Å². The van der Waals surface area contributed by atoms with Crippen LogP contribution in [0.4, 0.5) is 0 Å². The number of unbranched alkanes of at least 4 members (excludes halogenated alkanes) is 1. The highest BCUT2D eigenvalue weighted by molar-refractivity contribution is 6.46. The van der Waals surface area contributed by atoms with Gasteiger partial charge in [-0.3, -0.25) is 19.5 Å². The third-order valence-electron chi connectivity index (χ3n) is 6.74. The minimum atomic E-state index is -0.668. The minimum Gasteiger partial charge on any atom is -0.507 e. The Bertz CT molecular complexity index is 1100. The molecule has 2 saturated heterocycles. The van der Waals surface area contributed by atoms with E-state index in [4.69, 9.17) is 9.47 Å². The second-order valence-electron chi connectivity index (χ2n) is 9.26. The number of Topliss-reactive ketones (excluding diaryl/α,β-unsaturated/α-hetero) is 1. The number of aryl methyl sites for hydroxylation is 1. The predicted octanol–water partition coefficient (Wildman–Crippen LogP) is 3.71. The number of morpholine rings is 1. The molecule has 3 heterocycles. The van der Waals surface area contributed by atoms with E-state index in [9.17, 15) is 14.7 Å². The van der Waals surface area contributed by atoms with E-state index in [1.54, 1.807) is 47.6 Å². The van der Waals surface area contributed by atoms with Crippen molar-refractivity contribution in [1.82, 2.24) is 14.8 Å². The lowest BCUT2D eigenvalue weighted by Gasteiger charge is -2.29. The fraction of sp³-hybridized carbons (Fsp3) is 0.464. The van der Waals surface area contributed by atoms with E-state index in [0.717, 1.165) is 55.8 Å². The summed E-state index contributed by atoms with van der Waals surface area (Å²) in [6.07, 6.45) is 5.99. The summed E-state index contributed by atoms with van der Waals surface area (Å²) >= 11 is 0. The minimum absolute atomic E-state index is 0.108. The number of hydrogen-bond acceptors (Lipinski definition) is 7. The van der Waals surface area contributed by atoms with Gasteiger partial charge in [0.25, 0.3) is 11.7 Å². The molecule has 8 heteroatoms. The first-order valence-corrected chi connectivity index (χ1v) is 12.7. The van der Waals surface area contributed by atoms with Gasteiger partial charge in [-0.1, -0.05) is 13.3 Å². The molecule has 2 aliphatic rings. The summed E-state index contributed by atoms with van der Waals surface area (Å²) in [5, 5.41) is 11.3. The van der Waals surface area contributed by atoms with Crippen molar-refractivity contribution in [1.29, 1.82) is 0 Å². The van der Waals surface area contributed by atoms with Gasteiger partial charge in [0.2, 0.25) is 0 Å². The molecule has 0 radical (unpaired) electrons. The zero-order valence-corrected chi connectivity index (χ0v) is 21.1. The Morgan fingerprint density at radius 2 is 1.86 bits per heavy atom. The monoisotopic (exact) mass is 493 g/mol. The van der Waals surface area contributed by atoms with Gasteiger partial charge in [-0.15, -0.1) is 0 Å². The quantitative estimate of drug-likeness (QED) is 0.233. The summed E-state index contributed by atoms with van der Waals surface area (Å²) in [5.74, 6) is -0.679. The smallest absolute Gasteiger partial charge is 0.295 e. The summed E-state index contributed by atoms with van der Waals surface area (Å²) in [4.78, 5) is 34.3. The van der Waals surface area contributed by atoms with Crippen LogP contribution in [-0.2, 0) is 14.3 Å². The number of aliphatic hydroxyl groups excluding tert-OH is 1. The van der Waals surface area contributed by atoms with Crippen molar-refractivity contribution in [3.05, 3.63) is 65.0 Å². The van der Waals surface area contributed by atoms with Gasteiger partial charge in [0, 0.05) is 44.1 Å². The number of ketones is 1. The predicted molar refractivity (Wildman–Crippen MR) is 137 cm³/mol. The van der Waals surface area contributed by atoms with Gasteiger partial charge in [-0.2, -0.15) is 0 Å². The van der Waals surface area contributed by atoms with Crippen molar-refractivity contribution in [2.24, 2.45) is 0 Å². The van der Waals surface area contributed by atoms with E-state index in [0.29, 0.717) is 31.9 Å². The molecule has 192 valence electrons. The normalized spacial score (nSPS) is 20.2. The fourth-order valence-corrected chi connectivity index (χ4v) is 4.73. The second kappa shape index (κ2) is 12.1. The number of rotatable bonds is 10. The molecular weight excluding hydrogens is 458 g/mol. The summed E-state index contributed by atoms with van der Waals surface area (Å²) < 4.78 is 11.2. The Labute approximate surface area is 212 Å². The number of likely N-dealkylation sites (tertiary alicyclic amines) is 1. The molecule has 0 unspecified atom stereocenters. The standard InChI is InChI=1S/C28H35N3O5/c1-3-4-16-36-23-7-6-22(19-20(23)2)26(32)24-25(21-8-10-29-11-9-21)31(28(34)27(24)33)13-5-12-30-14-17-35-18-15-30/h6-11,19,25,32H,3-5,12-18H2,1-2H3/t25-/m0/s1. The maximum atomic E-state index is 13.2. The van der Waals surface area contributed by atoms with Crippen LogP contribution in [0.25, 0.3) is 5.76 Å². The number of carbonyl (C=O) groups is 2. The average molecular weight is 494 g/mol. The van der Waals surface area contributed by atoms with E-state index < -0.39 is 17.7 Å². The Morgan fingerprint density at radius 3 is 2.56 bits per heavy atom. The molecule has 1 aromatic carbocycles. The number of amides is 1. The van der Waals surface area contributed by atoms with Gasteiger partial charge in [-0.25, -0.2) is 0 Å². The molecule has 2 aliphatic heterocycles. The van der Waals surface area contributed by atoms with Crippen molar-refractivity contribution >= 4 is 17.4 Å². The summed E-state index contributed by atoms with van der Waals surface area (Å²) in [7, 11) is 0. The maximum Gasteiger partial charge on any atom is 0.295 e. The number of aromatic nitrogens is 1. The Hall–Kier alpha value is -3.23. The van der Waals surface area contributed by atoms with Crippen molar-refractivity contribution < 1.29 is 24.2 Å². The summed E-state index contributed by atoms with van der Waals surface area (Å²) in [6, 6.07) is 8.24. The van der Waals surface area contributed by atoms with Crippen LogP contribution in [-0.4, -0.2) is 77.6 Å². The van der Waals surface area contributed by atoms with Crippen molar-refractivity contribution in [2.75, 3.05) is 46.0 Å². The largest absolute Gasteiger partial charge is 0.507 e. The number of carbonyl (C=O) groups excluding carboxylic acids is 2. The topological polar surface area (TPSA) is 92.2 Å². The van der Waals surface area contributed by atoms with Crippen LogP contribution in [0.15, 0.2) is 48.3 Å². The molecule has 0 bridgehead atoms. The van der Waals surface area contributed by atoms with Gasteiger partial charge in [0.15, 0.2) is 0 Å². The molecule has 0 aliphatic carbocycles. The molecule has 1 aromatic heterocycles. The van der Waals surface area contributed by atoms with Crippen LogP contribution in [0.5, 0.6) is 5.75 Å². The molecule has 2 aromatic rings. The highest BCUT2D eigenvalue weighted by atomic mass is 16.5. The van der Waals surface area contributed by atoms with Crippen LogP contribution in [0, 0.1) is 6.92 Å². The first-order valence-electron chi connectivity index (χ1n) is 12.7. The van der Waals surface area contributed by atoms with Gasteiger partial charge >= 0.3 is 0 Å². The molecule has 2 fully saturated rings. The van der Waals surface area contributed by atoms with Crippen molar-refractivity contribution in [3.63, 3.8) is 0 Å². The van der Waals surface area contributed by atoms with E-state index >= 15 is 0 Å². The second-order valence-corrected chi connectivity index (χ2v) is 9.26. The van der Waals surface area contributed by atoms with Gasteiger partial charge < -0.3 is 19.5 Å². The molecular formula is C28H35N3O5. The number of hydrogen-bond donors (Lipinski definition) is 1. The number of pyridine rings is 1. The molecule has 8 nitrogen and oxygen atoms in total. The molecule has 1 amide bonds. The van der Waals surface area contributed by atoms with E-state index in [1.165, 1.54) is 0 Å². The number of aliphatic hydroxyl groups is 1. The third-order valence-corrected chi connectivity index (χ3v) is 6.74. The maximum absolute atomic E-state index is 13.2. The van der Waals surface area contributed by atoms with Gasteiger partial charge in [0.05, 0.1) is 31.4 Å². The number of benzene rings is 1. The average Bonchev–Trinajstić information content (AvgIpc) is 3.15. The van der Waals surface area contributed by atoms with Gasteiger partial charge in [0.1, 0.15) is 11.5 Å². The third kappa shape index (κ3) is 5.77. The molecule has 1 atom stereocenters. The highest BCUT2D eigenvalue weighted by Gasteiger charge is 2.45. The summed E-state index contributed by atoms with van der Waals surface area (Å²) in [5.41, 5.74) is 2.20. The van der Waals surface area contributed by atoms with Crippen LogP contribution in [0.3, 0.4) is 0 Å². The molecule has 0 spiro atoms.